The van der Waals surface area contributed by atoms with Crippen molar-refractivity contribution in [2.75, 3.05) is 0 Å². The standard InChI is InChI=1S/C22H36BNO5S/c1-20(2,3)24-30(25,26)17-13-14-19(27-16-11-9-8-10-12-16)18(15-17)23-28-21(4,5)22(6,7)29-23/h13-16,24H,8-12H2,1-7H3. The number of rotatable bonds is 5. The molecule has 8 heteroatoms. The lowest BCUT2D eigenvalue weighted by Gasteiger charge is -2.32. The lowest BCUT2D eigenvalue weighted by atomic mass is 9.78. The molecule has 3 rings (SSSR count). The van der Waals surface area contributed by atoms with E-state index in [-0.39, 0.29) is 11.0 Å². The van der Waals surface area contributed by atoms with Crippen molar-refractivity contribution < 1.29 is 22.5 Å². The fourth-order valence-corrected chi connectivity index (χ4v) is 5.23. The van der Waals surface area contributed by atoms with Crippen molar-refractivity contribution in [1.29, 1.82) is 0 Å². The first-order chi connectivity index (χ1) is 13.7. The van der Waals surface area contributed by atoms with Gasteiger partial charge in [0.05, 0.1) is 22.2 Å². The Balaban J connectivity index is 1.99. The third-order valence-electron chi connectivity index (χ3n) is 6.09. The van der Waals surface area contributed by atoms with Gasteiger partial charge in [-0.2, -0.15) is 0 Å². The first kappa shape index (κ1) is 23.6. The van der Waals surface area contributed by atoms with E-state index in [1.165, 1.54) is 6.42 Å². The van der Waals surface area contributed by atoms with E-state index in [4.69, 9.17) is 14.0 Å². The maximum Gasteiger partial charge on any atom is 0.498 e. The monoisotopic (exact) mass is 437 g/mol. The largest absolute Gasteiger partial charge is 0.498 e. The van der Waals surface area contributed by atoms with Gasteiger partial charge in [0.15, 0.2) is 0 Å². The molecule has 1 aliphatic carbocycles. The van der Waals surface area contributed by atoms with E-state index < -0.39 is 33.9 Å². The second-order valence-corrected chi connectivity index (χ2v) is 12.2. The highest BCUT2D eigenvalue weighted by molar-refractivity contribution is 7.89. The van der Waals surface area contributed by atoms with Crippen molar-refractivity contribution in [2.24, 2.45) is 0 Å². The van der Waals surface area contributed by atoms with Crippen molar-refractivity contribution in [3.05, 3.63) is 18.2 Å². The van der Waals surface area contributed by atoms with Crippen LogP contribution in [-0.2, 0) is 19.3 Å². The molecule has 0 bridgehead atoms. The SMILES string of the molecule is CC(C)(C)NS(=O)(=O)c1ccc(OC2CCCCC2)c(B2OC(C)(C)C(C)(C)O2)c1. The van der Waals surface area contributed by atoms with Crippen LogP contribution < -0.4 is 14.9 Å². The van der Waals surface area contributed by atoms with Crippen LogP contribution in [0.5, 0.6) is 5.75 Å². The molecule has 0 spiro atoms. The zero-order valence-corrected chi connectivity index (χ0v) is 20.2. The molecule has 1 aromatic rings. The Labute approximate surface area is 182 Å². The minimum atomic E-state index is -3.69. The molecule has 2 fully saturated rings. The van der Waals surface area contributed by atoms with Crippen LogP contribution in [0.4, 0.5) is 0 Å². The Hall–Kier alpha value is -1.09. The third-order valence-corrected chi connectivity index (χ3v) is 7.84. The van der Waals surface area contributed by atoms with E-state index in [1.807, 2.05) is 48.5 Å². The molecule has 0 amide bonds. The van der Waals surface area contributed by atoms with Crippen molar-refractivity contribution >= 4 is 22.6 Å². The molecule has 1 saturated carbocycles. The van der Waals surface area contributed by atoms with Crippen molar-refractivity contribution in [3.63, 3.8) is 0 Å². The van der Waals surface area contributed by atoms with E-state index in [0.717, 1.165) is 25.7 Å². The van der Waals surface area contributed by atoms with Gasteiger partial charge in [0, 0.05) is 11.0 Å². The van der Waals surface area contributed by atoms with Crippen molar-refractivity contribution in [2.45, 2.75) is 108 Å². The zero-order chi connectivity index (χ0) is 22.4. The van der Waals surface area contributed by atoms with Gasteiger partial charge in [0.2, 0.25) is 10.0 Å². The number of nitrogens with one attached hydrogen (secondary N) is 1. The van der Waals surface area contributed by atoms with Crippen LogP contribution in [0.25, 0.3) is 0 Å². The fraction of sp³-hybridized carbons (Fsp3) is 0.727. The summed E-state index contributed by atoms with van der Waals surface area (Å²) in [5.41, 5.74) is -1.02. The van der Waals surface area contributed by atoms with Gasteiger partial charge in [0.25, 0.3) is 0 Å². The summed E-state index contributed by atoms with van der Waals surface area (Å²) in [5, 5.41) is 0. The van der Waals surface area contributed by atoms with E-state index >= 15 is 0 Å². The van der Waals surface area contributed by atoms with Crippen molar-refractivity contribution in [1.82, 2.24) is 4.72 Å². The first-order valence-electron chi connectivity index (χ1n) is 10.9. The summed E-state index contributed by atoms with van der Waals surface area (Å²) < 4.78 is 47.4. The predicted octanol–water partition coefficient (Wildman–Crippen LogP) is 3.77. The highest BCUT2D eigenvalue weighted by Gasteiger charge is 2.52. The van der Waals surface area contributed by atoms with Gasteiger partial charge in [-0.3, -0.25) is 0 Å². The quantitative estimate of drug-likeness (QED) is 0.710. The second kappa shape index (κ2) is 8.12. The molecule has 1 heterocycles. The molecule has 168 valence electrons. The second-order valence-electron chi connectivity index (χ2n) is 10.5. The molecule has 0 aromatic heterocycles. The molecule has 1 saturated heterocycles. The van der Waals surface area contributed by atoms with Crippen molar-refractivity contribution in [3.8, 4) is 5.75 Å². The maximum atomic E-state index is 12.9. The van der Waals surface area contributed by atoms with Crippen LogP contribution in [0, 0.1) is 0 Å². The van der Waals surface area contributed by atoms with Crippen LogP contribution in [-0.4, -0.2) is 38.4 Å². The smallest absolute Gasteiger partial charge is 0.491 e. The molecule has 2 aliphatic rings. The van der Waals surface area contributed by atoms with Gasteiger partial charge < -0.3 is 14.0 Å². The Morgan fingerprint density at radius 1 is 1.03 bits per heavy atom. The van der Waals surface area contributed by atoms with Crippen LogP contribution in [0.3, 0.4) is 0 Å². The van der Waals surface area contributed by atoms with Crippen LogP contribution in [0.1, 0.15) is 80.6 Å². The Bertz CT molecular complexity index is 854. The molecule has 6 nitrogen and oxygen atoms in total. The molecule has 1 aliphatic heterocycles. The predicted molar refractivity (Wildman–Crippen MR) is 120 cm³/mol. The fourth-order valence-electron chi connectivity index (χ4n) is 3.78. The highest BCUT2D eigenvalue weighted by atomic mass is 32.2. The minimum Gasteiger partial charge on any atom is -0.491 e. The lowest BCUT2D eigenvalue weighted by Crippen LogP contribution is -2.41. The summed E-state index contributed by atoms with van der Waals surface area (Å²) in [4.78, 5) is 0.179. The Morgan fingerprint density at radius 2 is 1.60 bits per heavy atom. The Kier molecular flexibility index (Phi) is 6.38. The molecule has 0 atom stereocenters. The zero-order valence-electron chi connectivity index (χ0n) is 19.4. The number of hydrogen-bond acceptors (Lipinski definition) is 5. The van der Waals surface area contributed by atoms with E-state index in [0.29, 0.717) is 11.2 Å². The molecule has 1 N–H and O–H groups in total. The van der Waals surface area contributed by atoms with Gasteiger partial charge in [-0.25, -0.2) is 13.1 Å². The van der Waals surface area contributed by atoms with Gasteiger partial charge in [-0.1, -0.05) is 6.42 Å². The van der Waals surface area contributed by atoms with Gasteiger partial charge >= 0.3 is 7.12 Å². The summed E-state index contributed by atoms with van der Waals surface area (Å²) in [6.45, 7) is 13.4. The van der Waals surface area contributed by atoms with E-state index in [1.54, 1.807) is 18.2 Å². The average Bonchev–Trinajstić information content (AvgIpc) is 2.81. The summed E-state index contributed by atoms with van der Waals surface area (Å²) in [7, 11) is -4.39. The normalized spacial score (nSPS) is 22.3. The summed E-state index contributed by atoms with van der Waals surface area (Å²) >= 11 is 0. The average molecular weight is 437 g/mol. The number of benzene rings is 1. The molecular formula is C22H36BNO5S. The van der Waals surface area contributed by atoms with Crippen LogP contribution in [0.15, 0.2) is 23.1 Å². The first-order valence-corrected chi connectivity index (χ1v) is 12.4. The lowest BCUT2D eigenvalue weighted by molar-refractivity contribution is 0.00578. The molecule has 1 aromatic carbocycles. The molecular weight excluding hydrogens is 401 g/mol. The van der Waals surface area contributed by atoms with Gasteiger partial charge in [-0.15, -0.1) is 0 Å². The number of hydrogen-bond donors (Lipinski definition) is 1. The van der Waals surface area contributed by atoms with E-state index in [9.17, 15) is 8.42 Å². The highest BCUT2D eigenvalue weighted by Crippen LogP contribution is 2.37. The summed E-state index contributed by atoms with van der Waals surface area (Å²) in [6, 6.07) is 4.97. The summed E-state index contributed by atoms with van der Waals surface area (Å²) in [6.07, 6.45) is 5.69. The van der Waals surface area contributed by atoms with Crippen LogP contribution in [0.2, 0.25) is 0 Å². The van der Waals surface area contributed by atoms with Gasteiger partial charge in [-0.05, 0) is 92.3 Å². The number of ether oxygens (including phenoxy) is 1. The molecule has 0 radical (unpaired) electrons. The van der Waals surface area contributed by atoms with Gasteiger partial charge in [0.1, 0.15) is 5.75 Å². The Morgan fingerprint density at radius 3 is 2.13 bits per heavy atom. The van der Waals surface area contributed by atoms with E-state index in [2.05, 4.69) is 4.72 Å². The summed E-state index contributed by atoms with van der Waals surface area (Å²) in [5.74, 6) is 0.634. The molecule has 0 unspecified atom stereocenters. The van der Waals surface area contributed by atoms with Crippen LogP contribution >= 0.6 is 0 Å². The molecule has 30 heavy (non-hydrogen) atoms. The number of sulfonamides is 1. The topological polar surface area (TPSA) is 73.9 Å². The minimum absolute atomic E-state index is 0.134. The maximum absolute atomic E-state index is 12.9. The third kappa shape index (κ3) is 5.21.